The number of benzene rings is 1. The molecule has 6 heteroatoms. The molecule has 0 bridgehead atoms. The maximum absolute atomic E-state index is 12.0. The Kier molecular flexibility index (Phi) is 4.42. The molecule has 0 radical (unpaired) electrons. The lowest BCUT2D eigenvalue weighted by Crippen LogP contribution is -2.11. The van der Waals surface area contributed by atoms with E-state index in [2.05, 4.69) is 10.6 Å². The monoisotopic (exact) mass is 308 g/mol. The van der Waals surface area contributed by atoms with Crippen LogP contribution in [-0.4, -0.2) is 11.8 Å². The van der Waals surface area contributed by atoms with Crippen LogP contribution < -0.4 is 10.6 Å². The first-order valence-electron chi connectivity index (χ1n) is 5.90. The van der Waals surface area contributed by atoms with Crippen LogP contribution in [0.3, 0.4) is 0 Å². The zero-order chi connectivity index (χ0) is 14.7. The first kappa shape index (κ1) is 14.6. The van der Waals surface area contributed by atoms with Gasteiger partial charge in [0.1, 0.15) is 0 Å². The van der Waals surface area contributed by atoms with E-state index in [0.29, 0.717) is 21.3 Å². The highest BCUT2D eigenvalue weighted by Crippen LogP contribution is 2.26. The van der Waals surface area contributed by atoms with E-state index < -0.39 is 0 Å². The predicted molar refractivity (Wildman–Crippen MR) is 82.8 cm³/mol. The molecule has 4 nitrogen and oxygen atoms in total. The molecule has 20 heavy (non-hydrogen) atoms. The highest BCUT2D eigenvalue weighted by atomic mass is 35.5. The Hall–Kier alpha value is -1.85. The molecule has 0 aliphatic rings. The van der Waals surface area contributed by atoms with Gasteiger partial charge in [0.2, 0.25) is 5.91 Å². The van der Waals surface area contributed by atoms with Crippen LogP contribution in [0.1, 0.15) is 21.5 Å². The number of anilines is 2. The largest absolute Gasteiger partial charge is 0.325 e. The molecule has 0 atom stereocenters. The Bertz CT molecular complexity index is 667. The van der Waals surface area contributed by atoms with Crippen molar-refractivity contribution < 1.29 is 9.59 Å². The Balaban J connectivity index is 2.17. The van der Waals surface area contributed by atoms with Crippen LogP contribution in [0.5, 0.6) is 0 Å². The van der Waals surface area contributed by atoms with Gasteiger partial charge in [-0.25, -0.2) is 0 Å². The molecule has 0 spiro atoms. The van der Waals surface area contributed by atoms with Crippen molar-refractivity contribution in [2.75, 3.05) is 10.6 Å². The van der Waals surface area contributed by atoms with Gasteiger partial charge >= 0.3 is 0 Å². The van der Waals surface area contributed by atoms with Crippen LogP contribution in [0.4, 0.5) is 11.4 Å². The summed E-state index contributed by atoms with van der Waals surface area (Å²) in [5.41, 5.74) is 1.05. The summed E-state index contributed by atoms with van der Waals surface area (Å²) < 4.78 is 0. The third kappa shape index (κ3) is 3.59. The minimum Gasteiger partial charge on any atom is -0.325 e. The summed E-state index contributed by atoms with van der Waals surface area (Å²) in [5, 5.41) is 5.81. The van der Waals surface area contributed by atoms with Gasteiger partial charge in [-0.15, -0.1) is 11.3 Å². The lowest BCUT2D eigenvalue weighted by Gasteiger charge is -2.09. The molecule has 0 fully saturated rings. The number of amides is 2. The van der Waals surface area contributed by atoms with Crippen molar-refractivity contribution in [2.24, 2.45) is 0 Å². The summed E-state index contributed by atoms with van der Waals surface area (Å²) in [6.45, 7) is 3.34. The highest BCUT2D eigenvalue weighted by Gasteiger charge is 2.10. The standard InChI is InChI=1S/C14H13ClN2O2S/c1-8-3-6-13(20-8)14(19)17-10-4-5-11(15)12(7-10)16-9(2)18/h3-7H,1-2H3,(H,16,18)(H,17,19). The predicted octanol–water partition coefficient (Wildman–Crippen LogP) is 3.92. The minimum absolute atomic E-state index is 0.181. The second-order valence-electron chi connectivity index (χ2n) is 4.24. The topological polar surface area (TPSA) is 58.2 Å². The molecule has 0 aliphatic carbocycles. The second kappa shape index (κ2) is 6.07. The van der Waals surface area contributed by atoms with E-state index in [-0.39, 0.29) is 11.8 Å². The fourth-order valence-corrected chi connectivity index (χ4v) is 2.57. The second-order valence-corrected chi connectivity index (χ2v) is 5.94. The highest BCUT2D eigenvalue weighted by molar-refractivity contribution is 7.14. The van der Waals surface area contributed by atoms with Crippen molar-refractivity contribution >= 4 is 46.1 Å². The van der Waals surface area contributed by atoms with E-state index in [9.17, 15) is 9.59 Å². The van der Waals surface area contributed by atoms with Crippen molar-refractivity contribution in [3.8, 4) is 0 Å². The molecule has 2 amide bonds. The summed E-state index contributed by atoms with van der Waals surface area (Å²) in [4.78, 5) is 24.8. The van der Waals surface area contributed by atoms with E-state index in [1.54, 1.807) is 24.3 Å². The number of thiophene rings is 1. The van der Waals surface area contributed by atoms with Crippen molar-refractivity contribution in [3.63, 3.8) is 0 Å². The summed E-state index contributed by atoms with van der Waals surface area (Å²) >= 11 is 7.40. The van der Waals surface area contributed by atoms with Crippen LogP contribution in [0, 0.1) is 6.92 Å². The number of carbonyl (C=O) groups excluding carboxylic acids is 2. The Labute approximate surface area is 125 Å². The fraction of sp³-hybridized carbons (Fsp3) is 0.143. The average molecular weight is 309 g/mol. The molecule has 0 saturated carbocycles. The molecule has 2 aromatic rings. The van der Waals surface area contributed by atoms with Gasteiger partial charge in [0, 0.05) is 17.5 Å². The van der Waals surface area contributed by atoms with Gasteiger partial charge in [-0.3, -0.25) is 9.59 Å². The molecule has 2 rings (SSSR count). The fourth-order valence-electron chi connectivity index (χ4n) is 1.64. The van der Waals surface area contributed by atoms with Gasteiger partial charge in [0.25, 0.3) is 5.91 Å². The van der Waals surface area contributed by atoms with Gasteiger partial charge in [0.05, 0.1) is 15.6 Å². The summed E-state index contributed by atoms with van der Waals surface area (Å²) in [5.74, 6) is -0.400. The normalized spacial score (nSPS) is 10.2. The third-order valence-corrected chi connectivity index (χ3v) is 3.83. The zero-order valence-corrected chi connectivity index (χ0v) is 12.6. The lowest BCUT2D eigenvalue weighted by atomic mass is 10.2. The molecular weight excluding hydrogens is 296 g/mol. The summed E-state index contributed by atoms with van der Waals surface area (Å²) in [6.07, 6.45) is 0. The maximum atomic E-state index is 12.0. The number of halogens is 1. The third-order valence-electron chi connectivity index (χ3n) is 2.50. The van der Waals surface area contributed by atoms with E-state index in [1.165, 1.54) is 18.3 Å². The molecule has 0 saturated heterocycles. The van der Waals surface area contributed by atoms with Crippen LogP contribution in [0.25, 0.3) is 0 Å². The van der Waals surface area contributed by atoms with Gasteiger partial charge < -0.3 is 10.6 Å². The van der Waals surface area contributed by atoms with E-state index in [4.69, 9.17) is 11.6 Å². The molecule has 0 unspecified atom stereocenters. The molecule has 1 aromatic carbocycles. The van der Waals surface area contributed by atoms with Crippen LogP contribution in [0.2, 0.25) is 5.02 Å². The molecule has 0 aliphatic heterocycles. The smallest absolute Gasteiger partial charge is 0.265 e. The van der Waals surface area contributed by atoms with Gasteiger partial charge in [-0.2, -0.15) is 0 Å². The van der Waals surface area contributed by atoms with E-state index >= 15 is 0 Å². The van der Waals surface area contributed by atoms with Gasteiger partial charge in [0.15, 0.2) is 0 Å². The number of aryl methyl sites for hydroxylation is 1. The quantitative estimate of drug-likeness (QED) is 0.903. The Morgan fingerprint density at radius 2 is 1.90 bits per heavy atom. The SMILES string of the molecule is CC(=O)Nc1cc(NC(=O)c2ccc(C)s2)ccc1Cl. The van der Waals surface area contributed by atoms with Crippen LogP contribution in [-0.2, 0) is 4.79 Å². The number of hydrogen-bond acceptors (Lipinski definition) is 3. The molecule has 1 heterocycles. The molecule has 1 aromatic heterocycles. The number of carbonyl (C=O) groups is 2. The maximum Gasteiger partial charge on any atom is 0.265 e. The number of hydrogen-bond donors (Lipinski definition) is 2. The average Bonchev–Trinajstić information content (AvgIpc) is 2.79. The van der Waals surface area contributed by atoms with Crippen molar-refractivity contribution in [1.82, 2.24) is 0 Å². The Morgan fingerprint density at radius 3 is 2.50 bits per heavy atom. The summed E-state index contributed by atoms with van der Waals surface area (Å²) in [6, 6.07) is 8.61. The minimum atomic E-state index is -0.218. The van der Waals surface area contributed by atoms with Gasteiger partial charge in [-0.1, -0.05) is 11.6 Å². The van der Waals surface area contributed by atoms with Crippen molar-refractivity contribution in [1.29, 1.82) is 0 Å². The first-order valence-corrected chi connectivity index (χ1v) is 7.10. The van der Waals surface area contributed by atoms with E-state index in [0.717, 1.165) is 4.88 Å². The zero-order valence-electron chi connectivity index (χ0n) is 11.0. The molecular formula is C14H13ClN2O2S. The van der Waals surface area contributed by atoms with Crippen molar-refractivity contribution in [3.05, 3.63) is 45.1 Å². The van der Waals surface area contributed by atoms with Gasteiger partial charge in [-0.05, 0) is 37.3 Å². The lowest BCUT2D eigenvalue weighted by molar-refractivity contribution is -0.114. The summed E-state index contributed by atoms with van der Waals surface area (Å²) in [7, 11) is 0. The number of nitrogens with one attached hydrogen (secondary N) is 2. The molecule has 104 valence electrons. The number of rotatable bonds is 3. The Morgan fingerprint density at radius 1 is 1.15 bits per heavy atom. The van der Waals surface area contributed by atoms with Crippen LogP contribution >= 0.6 is 22.9 Å². The van der Waals surface area contributed by atoms with Crippen LogP contribution in [0.15, 0.2) is 30.3 Å². The van der Waals surface area contributed by atoms with E-state index in [1.807, 2.05) is 13.0 Å². The first-order chi connectivity index (χ1) is 9.45. The molecule has 2 N–H and O–H groups in total. The van der Waals surface area contributed by atoms with Crippen molar-refractivity contribution in [2.45, 2.75) is 13.8 Å².